The Balaban J connectivity index is 2.78. The number of halogens is 1. The monoisotopic (exact) mass is 270 g/mol. The summed E-state index contributed by atoms with van der Waals surface area (Å²) in [6.07, 6.45) is 0.397. The molecule has 18 heavy (non-hydrogen) atoms. The van der Waals surface area contributed by atoms with Gasteiger partial charge in [-0.15, -0.1) is 0 Å². The van der Waals surface area contributed by atoms with E-state index in [1.54, 1.807) is 7.05 Å². The van der Waals surface area contributed by atoms with Gasteiger partial charge in [-0.05, 0) is 6.92 Å². The number of nitrogens with one attached hydrogen (secondary N) is 2. The normalized spacial score (nSPS) is 10.6. The van der Waals surface area contributed by atoms with Crippen LogP contribution in [0.5, 0.6) is 0 Å². The number of carbonyl (C=O) groups is 1. The van der Waals surface area contributed by atoms with Crippen LogP contribution in [0.3, 0.4) is 0 Å². The highest BCUT2D eigenvalue weighted by Crippen LogP contribution is 2.22. The fraction of sp³-hybridized carbons (Fsp3) is 0.583. The van der Waals surface area contributed by atoms with Crippen molar-refractivity contribution in [1.29, 1.82) is 0 Å². The molecule has 0 aliphatic carbocycles. The predicted octanol–water partition coefficient (Wildman–Crippen LogP) is 2.11. The lowest BCUT2D eigenvalue weighted by Crippen LogP contribution is -2.21. The van der Waals surface area contributed by atoms with E-state index in [2.05, 4.69) is 20.6 Å². The van der Waals surface area contributed by atoms with E-state index in [4.69, 9.17) is 11.6 Å². The van der Waals surface area contributed by atoms with Crippen molar-refractivity contribution in [2.75, 3.05) is 18.9 Å². The molecule has 0 spiro atoms. The summed E-state index contributed by atoms with van der Waals surface area (Å²) in [4.78, 5) is 19.8. The van der Waals surface area contributed by atoms with Crippen LogP contribution in [0.1, 0.15) is 37.6 Å². The molecule has 0 radical (unpaired) electrons. The first kappa shape index (κ1) is 14.7. The zero-order chi connectivity index (χ0) is 13.7. The molecule has 1 heterocycles. The van der Waals surface area contributed by atoms with E-state index in [0.717, 1.165) is 5.56 Å². The van der Waals surface area contributed by atoms with Gasteiger partial charge in [0.05, 0.1) is 0 Å². The van der Waals surface area contributed by atoms with Gasteiger partial charge in [0.25, 0.3) is 0 Å². The van der Waals surface area contributed by atoms with Crippen LogP contribution in [0.25, 0.3) is 0 Å². The van der Waals surface area contributed by atoms with Gasteiger partial charge < -0.3 is 10.6 Å². The molecule has 0 aliphatic heterocycles. The lowest BCUT2D eigenvalue weighted by Gasteiger charge is -2.12. The molecule has 0 atom stereocenters. The minimum Gasteiger partial charge on any atom is -0.369 e. The Morgan fingerprint density at radius 2 is 2.06 bits per heavy atom. The van der Waals surface area contributed by atoms with Crippen LogP contribution >= 0.6 is 11.6 Å². The molecule has 0 unspecified atom stereocenters. The van der Waals surface area contributed by atoms with Gasteiger partial charge in [-0.1, -0.05) is 25.4 Å². The van der Waals surface area contributed by atoms with Crippen LogP contribution in [0.4, 0.5) is 5.82 Å². The molecule has 100 valence electrons. The Labute approximate surface area is 112 Å². The summed E-state index contributed by atoms with van der Waals surface area (Å²) >= 11 is 6.06. The van der Waals surface area contributed by atoms with Gasteiger partial charge in [-0.2, -0.15) is 0 Å². The van der Waals surface area contributed by atoms with Gasteiger partial charge >= 0.3 is 0 Å². The average molecular weight is 271 g/mol. The van der Waals surface area contributed by atoms with Gasteiger partial charge in [-0.3, -0.25) is 4.79 Å². The second-order valence-electron chi connectivity index (χ2n) is 4.35. The number of hydrogen-bond donors (Lipinski definition) is 2. The molecule has 1 amide bonds. The molecule has 1 aromatic rings. The smallest absolute Gasteiger partial charge is 0.221 e. The fourth-order valence-electron chi connectivity index (χ4n) is 1.36. The molecule has 1 rings (SSSR count). The van der Waals surface area contributed by atoms with Crippen LogP contribution < -0.4 is 10.6 Å². The van der Waals surface area contributed by atoms with Crippen LogP contribution in [0.2, 0.25) is 5.15 Å². The standard InChI is InChI=1S/C12H19ClN4O/c1-7(2)11-16-10(13)8(3)12(17-11)15-6-5-9(18)14-4/h7H,5-6H2,1-4H3,(H,14,18)(H,15,16,17). The minimum atomic E-state index is -0.00982. The first-order valence-electron chi connectivity index (χ1n) is 5.94. The van der Waals surface area contributed by atoms with Crippen LogP contribution in [0, 0.1) is 6.92 Å². The van der Waals surface area contributed by atoms with E-state index in [0.29, 0.717) is 29.8 Å². The Morgan fingerprint density at radius 1 is 1.39 bits per heavy atom. The predicted molar refractivity (Wildman–Crippen MR) is 73.0 cm³/mol. The first-order chi connectivity index (χ1) is 8.45. The number of rotatable bonds is 5. The van der Waals surface area contributed by atoms with Gasteiger partial charge in [0, 0.05) is 31.5 Å². The molecular formula is C12H19ClN4O. The molecule has 0 saturated heterocycles. The van der Waals surface area contributed by atoms with Crippen molar-refractivity contribution in [3.05, 3.63) is 16.5 Å². The second-order valence-corrected chi connectivity index (χ2v) is 4.71. The Kier molecular flexibility index (Phi) is 5.34. The molecule has 6 heteroatoms. The molecule has 2 N–H and O–H groups in total. The SMILES string of the molecule is CNC(=O)CCNc1nc(C(C)C)nc(Cl)c1C. The Bertz CT molecular complexity index is 434. The third-order valence-electron chi connectivity index (χ3n) is 2.54. The highest BCUT2D eigenvalue weighted by atomic mass is 35.5. The summed E-state index contributed by atoms with van der Waals surface area (Å²) in [5, 5.41) is 6.14. The van der Waals surface area contributed by atoms with Gasteiger partial charge in [0.15, 0.2) is 0 Å². The molecule has 5 nitrogen and oxygen atoms in total. The van der Waals surface area contributed by atoms with E-state index in [-0.39, 0.29) is 11.8 Å². The third kappa shape index (κ3) is 3.84. The summed E-state index contributed by atoms with van der Waals surface area (Å²) in [5.41, 5.74) is 0.804. The highest BCUT2D eigenvalue weighted by molar-refractivity contribution is 6.30. The summed E-state index contributed by atoms with van der Waals surface area (Å²) in [6.45, 7) is 6.39. The summed E-state index contributed by atoms with van der Waals surface area (Å²) in [5.74, 6) is 1.60. The molecule has 0 aliphatic rings. The van der Waals surface area contributed by atoms with Crippen molar-refractivity contribution in [1.82, 2.24) is 15.3 Å². The quantitative estimate of drug-likeness (QED) is 0.804. The maximum Gasteiger partial charge on any atom is 0.221 e. The maximum atomic E-state index is 11.1. The van der Waals surface area contributed by atoms with Gasteiger partial charge in [-0.25, -0.2) is 9.97 Å². The second kappa shape index (κ2) is 6.54. The highest BCUT2D eigenvalue weighted by Gasteiger charge is 2.11. The van der Waals surface area contributed by atoms with Crippen LogP contribution in [-0.2, 0) is 4.79 Å². The average Bonchev–Trinajstić information content (AvgIpc) is 2.33. The topological polar surface area (TPSA) is 66.9 Å². The molecule has 1 aromatic heterocycles. The van der Waals surface area contributed by atoms with Crippen LogP contribution in [-0.4, -0.2) is 29.5 Å². The van der Waals surface area contributed by atoms with E-state index in [1.165, 1.54) is 0 Å². The first-order valence-corrected chi connectivity index (χ1v) is 6.32. The fourth-order valence-corrected chi connectivity index (χ4v) is 1.53. The number of nitrogens with zero attached hydrogens (tertiary/aromatic N) is 2. The van der Waals surface area contributed by atoms with Gasteiger partial charge in [0.2, 0.25) is 5.91 Å². The minimum absolute atomic E-state index is 0.00982. The number of carbonyl (C=O) groups excluding carboxylic acids is 1. The third-order valence-corrected chi connectivity index (χ3v) is 2.91. The summed E-state index contributed by atoms with van der Waals surface area (Å²) < 4.78 is 0. The van der Waals surface area contributed by atoms with E-state index in [1.807, 2.05) is 20.8 Å². The van der Waals surface area contributed by atoms with Crippen molar-refractivity contribution in [2.45, 2.75) is 33.1 Å². The van der Waals surface area contributed by atoms with Crippen molar-refractivity contribution in [3.8, 4) is 0 Å². The number of hydrogen-bond acceptors (Lipinski definition) is 4. The molecule has 0 aromatic carbocycles. The van der Waals surface area contributed by atoms with Crippen LogP contribution in [0.15, 0.2) is 0 Å². The Morgan fingerprint density at radius 3 is 2.61 bits per heavy atom. The Hall–Kier alpha value is -1.36. The summed E-state index contributed by atoms with van der Waals surface area (Å²) in [7, 11) is 1.62. The lowest BCUT2D eigenvalue weighted by molar-refractivity contribution is -0.120. The number of aromatic nitrogens is 2. The molecule has 0 saturated carbocycles. The van der Waals surface area contributed by atoms with E-state index in [9.17, 15) is 4.79 Å². The van der Waals surface area contributed by atoms with Crippen molar-refractivity contribution in [3.63, 3.8) is 0 Å². The lowest BCUT2D eigenvalue weighted by atomic mass is 10.2. The largest absolute Gasteiger partial charge is 0.369 e. The zero-order valence-electron chi connectivity index (χ0n) is 11.2. The maximum absolute atomic E-state index is 11.1. The van der Waals surface area contributed by atoms with Crippen molar-refractivity contribution >= 4 is 23.3 Å². The van der Waals surface area contributed by atoms with E-state index >= 15 is 0 Å². The number of amides is 1. The molecular weight excluding hydrogens is 252 g/mol. The summed E-state index contributed by atoms with van der Waals surface area (Å²) in [6, 6.07) is 0. The number of anilines is 1. The van der Waals surface area contributed by atoms with Gasteiger partial charge in [0.1, 0.15) is 16.8 Å². The molecule has 0 bridgehead atoms. The zero-order valence-corrected chi connectivity index (χ0v) is 11.9. The van der Waals surface area contributed by atoms with E-state index < -0.39 is 0 Å². The molecule has 0 fully saturated rings. The van der Waals surface area contributed by atoms with Crippen molar-refractivity contribution < 1.29 is 4.79 Å². The van der Waals surface area contributed by atoms with Crippen molar-refractivity contribution in [2.24, 2.45) is 0 Å².